The molecule has 4 aromatic carbocycles. The lowest BCUT2D eigenvalue weighted by Gasteiger charge is -2.15. The van der Waals surface area contributed by atoms with Gasteiger partial charge >= 0.3 is 0 Å². The smallest absolute Gasteiger partial charge is 0.0711 e. The van der Waals surface area contributed by atoms with Crippen molar-refractivity contribution in [2.75, 3.05) is 0 Å². The topological polar surface area (TPSA) is 12.4 Å². The van der Waals surface area contributed by atoms with Crippen LogP contribution in [0.2, 0.25) is 0 Å². The van der Waals surface area contributed by atoms with Gasteiger partial charge < -0.3 is 0 Å². The van der Waals surface area contributed by atoms with Gasteiger partial charge in [-0.1, -0.05) is 115 Å². The minimum atomic E-state index is 0.912. The molecule has 0 radical (unpaired) electrons. The van der Waals surface area contributed by atoms with Crippen molar-refractivity contribution in [2.45, 2.75) is 19.8 Å². The third-order valence-corrected chi connectivity index (χ3v) is 6.05. The highest BCUT2D eigenvalue weighted by Crippen LogP contribution is 2.30. The van der Waals surface area contributed by atoms with E-state index in [0.717, 1.165) is 29.8 Å². The van der Waals surface area contributed by atoms with E-state index in [1.54, 1.807) is 0 Å². The monoisotopic (exact) mass is 425 g/mol. The highest BCUT2D eigenvalue weighted by Gasteiger charge is 2.12. The SMILES string of the molecule is Cc1ccc(C2=C/C(c3cccc(-c4ccccc4)c3)=C\CCC(c3ccccc3)=N2)cc1. The summed E-state index contributed by atoms with van der Waals surface area (Å²) in [4.78, 5) is 5.20. The summed E-state index contributed by atoms with van der Waals surface area (Å²) >= 11 is 0. The summed E-state index contributed by atoms with van der Waals surface area (Å²) in [6.07, 6.45) is 6.47. The second kappa shape index (κ2) is 9.67. The van der Waals surface area contributed by atoms with E-state index in [9.17, 15) is 0 Å². The number of aryl methyl sites for hydroxylation is 1. The van der Waals surface area contributed by atoms with Crippen LogP contribution in [-0.2, 0) is 0 Å². The average Bonchev–Trinajstić information content (AvgIpc) is 2.86. The quantitative estimate of drug-likeness (QED) is 0.311. The lowest BCUT2D eigenvalue weighted by molar-refractivity contribution is 1.09. The molecule has 0 bridgehead atoms. The maximum Gasteiger partial charge on any atom is 0.0711 e. The first kappa shape index (κ1) is 20.9. The molecular formula is C32H27N. The number of allylic oxidation sites excluding steroid dienone is 3. The molecule has 0 N–H and O–H groups in total. The van der Waals surface area contributed by atoms with Crippen molar-refractivity contribution in [1.82, 2.24) is 0 Å². The van der Waals surface area contributed by atoms with Gasteiger partial charge in [-0.05, 0) is 59.7 Å². The molecule has 1 aliphatic rings. The predicted octanol–water partition coefficient (Wildman–Crippen LogP) is 8.37. The molecule has 0 spiro atoms. The molecule has 1 nitrogen and oxygen atoms in total. The summed E-state index contributed by atoms with van der Waals surface area (Å²) in [5, 5.41) is 0. The minimum Gasteiger partial charge on any atom is -0.252 e. The Morgan fingerprint density at radius 3 is 1.94 bits per heavy atom. The van der Waals surface area contributed by atoms with Crippen molar-refractivity contribution in [2.24, 2.45) is 4.99 Å². The van der Waals surface area contributed by atoms with E-state index >= 15 is 0 Å². The predicted molar refractivity (Wildman–Crippen MR) is 141 cm³/mol. The first-order valence-electron chi connectivity index (χ1n) is 11.5. The van der Waals surface area contributed by atoms with Gasteiger partial charge in [0.05, 0.1) is 5.70 Å². The number of hydrogen-bond donors (Lipinski definition) is 0. The molecule has 1 heterocycles. The fraction of sp³-hybridized carbons (Fsp3) is 0.0938. The molecule has 0 amide bonds. The molecule has 5 rings (SSSR count). The van der Waals surface area contributed by atoms with Crippen LogP contribution < -0.4 is 0 Å². The molecule has 160 valence electrons. The Balaban J connectivity index is 1.60. The van der Waals surface area contributed by atoms with E-state index < -0.39 is 0 Å². The van der Waals surface area contributed by atoms with Gasteiger partial charge in [-0.25, -0.2) is 0 Å². The average molecular weight is 426 g/mol. The van der Waals surface area contributed by atoms with Gasteiger partial charge in [-0.15, -0.1) is 0 Å². The van der Waals surface area contributed by atoms with Crippen molar-refractivity contribution < 1.29 is 0 Å². The largest absolute Gasteiger partial charge is 0.252 e. The molecule has 33 heavy (non-hydrogen) atoms. The Bertz CT molecular complexity index is 1320. The van der Waals surface area contributed by atoms with Crippen molar-refractivity contribution in [3.8, 4) is 11.1 Å². The normalized spacial score (nSPS) is 15.5. The maximum absolute atomic E-state index is 5.20. The number of benzene rings is 4. The summed E-state index contributed by atoms with van der Waals surface area (Å²) in [5.74, 6) is 0. The lowest BCUT2D eigenvalue weighted by atomic mass is 9.94. The highest BCUT2D eigenvalue weighted by atomic mass is 14.8. The fourth-order valence-electron chi connectivity index (χ4n) is 4.23. The van der Waals surface area contributed by atoms with Crippen LogP contribution in [0.1, 0.15) is 35.1 Å². The maximum atomic E-state index is 5.20. The first-order chi connectivity index (χ1) is 16.3. The van der Waals surface area contributed by atoms with Crippen molar-refractivity contribution >= 4 is 17.0 Å². The zero-order chi connectivity index (χ0) is 22.5. The minimum absolute atomic E-state index is 0.912. The molecule has 1 heteroatoms. The van der Waals surface area contributed by atoms with Gasteiger partial charge in [0.1, 0.15) is 0 Å². The van der Waals surface area contributed by atoms with Gasteiger partial charge in [-0.2, -0.15) is 0 Å². The van der Waals surface area contributed by atoms with E-state index in [1.807, 2.05) is 0 Å². The molecule has 0 saturated carbocycles. The van der Waals surface area contributed by atoms with Crippen LogP contribution in [-0.4, -0.2) is 5.71 Å². The Labute approximate surface area is 196 Å². The van der Waals surface area contributed by atoms with Crippen molar-refractivity contribution in [3.63, 3.8) is 0 Å². The fourth-order valence-corrected chi connectivity index (χ4v) is 4.23. The van der Waals surface area contributed by atoms with Crippen LogP contribution in [0.25, 0.3) is 22.4 Å². The van der Waals surface area contributed by atoms with Crippen LogP contribution in [0.15, 0.2) is 126 Å². The Morgan fingerprint density at radius 2 is 1.21 bits per heavy atom. The van der Waals surface area contributed by atoms with E-state index in [1.165, 1.54) is 33.4 Å². The van der Waals surface area contributed by atoms with Gasteiger partial charge in [0, 0.05) is 11.3 Å². The summed E-state index contributed by atoms with van der Waals surface area (Å²) in [6, 6.07) is 38.6. The van der Waals surface area contributed by atoms with E-state index in [4.69, 9.17) is 4.99 Å². The number of rotatable bonds is 4. The summed E-state index contributed by atoms with van der Waals surface area (Å²) < 4.78 is 0. The van der Waals surface area contributed by atoms with Crippen molar-refractivity contribution in [3.05, 3.63) is 144 Å². The molecular weight excluding hydrogens is 398 g/mol. The van der Waals surface area contributed by atoms with Crippen molar-refractivity contribution in [1.29, 1.82) is 0 Å². The van der Waals surface area contributed by atoms with Crippen LogP contribution in [0.4, 0.5) is 0 Å². The van der Waals surface area contributed by atoms with E-state index in [0.29, 0.717) is 0 Å². The third-order valence-electron chi connectivity index (χ3n) is 6.05. The molecule has 0 atom stereocenters. The molecule has 0 saturated heterocycles. The second-order valence-electron chi connectivity index (χ2n) is 8.47. The molecule has 4 aromatic rings. The van der Waals surface area contributed by atoms with Gasteiger partial charge in [0.15, 0.2) is 0 Å². The Morgan fingerprint density at radius 1 is 0.576 bits per heavy atom. The second-order valence-corrected chi connectivity index (χ2v) is 8.47. The number of aliphatic imine (C=N–C) groups is 1. The zero-order valence-corrected chi connectivity index (χ0v) is 18.9. The Hall–Kier alpha value is -3.97. The molecule has 1 aliphatic heterocycles. The summed E-state index contributed by atoms with van der Waals surface area (Å²) in [6.45, 7) is 2.12. The lowest BCUT2D eigenvalue weighted by Crippen LogP contribution is -2.03. The van der Waals surface area contributed by atoms with Crippen LogP contribution in [0.5, 0.6) is 0 Å². The zero-order valence-electron chi connectivity index (χ0n) is 18.9. The molecule has 0 aromatic heterocycles. The third kappa shape index (κ3) is 4.94. The molecule has 0 aliphatic carbocycles. The van der Waals surface area contributed by atoms with Gasteiger partial charge in [0.25, 0.3) is 0 Å². The first-order valence-corrected chi connectivity index (χ1v) is 11.5. The standard InChI is InChI=1S/C32H27N/c1-24-18-20-27(21-19-24)32-23-30(16-9-17-31(33-32)26-12-6-3-7-13-26)29-15-8-14-28(22-29)25-10-4-2-5-11-25/h2-8,10-16,18-23H,9,17H2,1H3/b30-16+,32-23?,33-31?. The van der Waals surface area contributed by atoms with E-state index in [2.05, 4.69) is 128 Å². The number of hydrogen-bond acceptors (Lipinski definition) is 1. The van der Waals surface area contributed by atoms with Crippen LogP contribution in [0, 0.1) is 6.92 Å². The van der Waals surface area contributed by atoms with E-state index in [-0.39, 0.29) is 0 Å². The number of nitrogens with zero attached hydrogens (tertiary/aromatic N) is 1. The van der Waals surface area contributed by atoms with Crippen LogP contribution >= 0.6 is 0 Å². The molecule has 0 unspecified atom stereocenters. The van der Waals surface area contributed by atoms with Gasteiger partial charge in [0.2, 0.25) is 0 Å². The Kier molecular flexibility index (Phi) is 6.12. The molecule has 0 fully saturated rings. The summed E-state index contributed by atoms with van der Waals surface area (Å²) in [5.41, 5.74) is 10.6. The van der Waals surface area contributed by atoms with Crippen LogP contribution in [0.3, 0.4) is 0 Å². The summed E-state index contributed by atoms with van der Waals surface area (Å²) in [7, 11) is 0. The highest BCUT2D eigenvalue weighted by molar-refractivity contribution is 6.04. The van der Waals surface area contributed by atoms with Gasteiger partial charge in [-0.3, -0.25) is 4.99 Å².